The molecular weight excluding hydrogens is 333 g/mol. The van der Waals surface area contributed by atoms with Crippen LogP contribution in [0.1, 0.15) is 11.1 Å². The van der Waals surface area contributed by atoms with Gasteiger partial charge in [-0.15, -0.1) is 0 Å². The molecule has 11 heavy (non-hydrogen) atoms. The first kappa shape index (κ1) is 9.15. The molecule has 0 spiro atoms. The van der Waals surface area contributed by atoms with Crippen LogP contribution in [-0.2, 0) is 11.3 Å². The Labute approximate surface area is 82.6 Å². The summed E-state index contributed by atoms with van der Waals surface area (Å²) in [6.45, 7) is 2.88. The third-order valence-corrected chi connectivity index (χ3v) is 3.30. The molecule has 0 heterocycles. The quantitative estimate of drug-likeness (QED) is 0.726. The van der Waals surface area contributed by atoms with E-state index in [1.54, 1.807) is 7.11 Å². The SMILES string of the molecule is COCc1c(C)ccc[c]1[Bi]. The Balaban J connectivity index is 3.00. The molecule has 0 saturated heterocycles. The summed E-state index contributed by atoms with van der Waals surface area (Å²) in [7, 11) is 1.74. The van der Waals surface area contributed by atoms with Crippen LogP contribution >= 0.6 is 0 Å². The zero-order valence-electron chi connectivity index (χ0n) is 6.79. The summed E-state index contributed by atoms with van der Waals surface area (Å²) < 4.78 is 6.53. The molecule has 0 unspecified atom stereocenters. The van der Waals surface area contributed by atoms with Gasteiger partial charge in [-0.3, -0.25) is 0 Å². The maximum atomic E-state index is 5.11. The summed E-state index contributed by atoms with van der Waals surface area (Å²) in [5.74, 6) is 0. The predicted octanol–water partition coefficient (Wildman–Crippen LogP) is 0.935. The molecule has 0 N–H and O–H groups in total. The van der Waals surface area contributed by atoms with Gasteiger partial charge >= 0.3 is 82.7 Å². The Kier molecular flexibility index (Phi) is 3.48. The first-order valence-electron chi connectivity index (χ1n) is 3.52. The van der Waals surface area contributed by atoms with Gasteiger partial charge in [-0.2, -0.15) is 0 Å². The van der Waals surface area contributed by atoms with Crippen LogP contribution < -0.4 is 3.27 Å². The summed E-state index contributed by atoms with van der Waals surface area (Å²) in [5.41, 5.74) is 2.70. The van der Waals surface area contributed by atoms with Crippen molar-refractivity contribution in [3.63, 3.8) is 0 Å². The van der Waals surface area contributed by atoms with Crippen LogP contribution in [0.15, 0.2) is 18.2 Å². The predicted molar refractivity (Wildman–Crippen MR) is 47.3 cm³/mol. The van der Waals surface area contributed by atoms with E-state index in [1.165, 1.54) is 39.1 Å². The molecule has 1 aromatic rings. The molecular formula is C9H11BiO. The normalized spacial score (nSPS) is 10.1. The first-order chi connectivity index (χ1) is 5.25. The van der Waals surface area contributed by atoms with Crippen LogP contribution in [0.2, 0.25) is 0 Å². The van der Waals surface area contributed by atoms with E-state index in [9.17, 15) is 0 Å². The van der Waals surface area contributed by atoms with E-state index in [0.29, 0.717) is 0 Å². The van der Waals surface area contributed by atoms with Crippen LogP contribution in [0.25, 0.3) is 0 Å². The van der Waals surface area contributed by atoms with Gasteiger partial charge in [-0.05, 0) is 0 Å². The number of ether oxygens (including phenoxy) is 1. The van der Waals surface area contributed by atoms with E-state index in [-0.39, 0.29) is 0 Å². The molecule has 0 aliphatic heterocycles. The van der Waals surface area contributed by atoms with Gasteiger partial charge in [-0.1, -0.05) is 0 Å². The first-order valence-corrected chi connectivity index (χ1v) is 5.26. The summed E-state index contributed by atoms with van der Waals surface area (Å²) in [5, 5.41) is 0. The van der Waals surface area contributed by atoms with Crippen molar-refractivity contribution in [3.8, 4) is 0 Å². The molecule has 0 saturated carbocycles. The van der Waals surface area contributed by atoms with Crippen molar-refractivity contribution in [2.75, 3.05) is 7.11 Å². The van der Waals surface area contributed by atoms with E-state index in [1.807, 2.05) is 0 Å². The summed E-state index contributed by atoms with van der Waals surface area (Å²) in [6, 6.07) is 6.39. The minimum absolute atomic E-state index is 0.749. The summed E-state index contributed by atoms with van der Waals surface area (Å²) >= 11 is 1.31. The monoisotopic (exact) mass is 344 g/mol. The van der Waals surface area contributed by atoms with Crippen LogP contribution in [0.3, 0.4) is 0 Å². The standard InChI is InChI=1S/C9H11O.Bi/c1-8-5-3-4-6-9(8)7-10-2;/h3-5H,7H2,1-2H3;. The molecule has 0 aliphatic carbocycles. The molecule has 1 nitrogen and oxygen atoms in total. The van der Waals surface area contributed by atoms with Crippen molar-refractivity contribution in [2.45, 2.75) is 13.5 Å². The molecule has 0 aliphatic rings. The van der Waals surface area contributed by atoms with E-state index in [4.69, 9.17) is 4.74 Å². The van der Waals surface area contributed by atoms with Crippen LogP contribution in [0.4, 0.5) is 0 Å². The Morgan fingerprint density at radius 1 is 1.45 bits per heavy atom. The second-order valence-corrected chi connectivity index (χ2v) is 4.38. The maximum absolute atomic E-state index is 5.11. The van der Waals surface area contributed by atoms with E-state index < -0.39 is 0 Å². The summed E-state index contributed by atoms with van der Waals surface area (Å²) in [4.78, 5) is 0. The topological polar surface area (TPSA) is 9.23 Å². The van der Waals surface area contributed by atoms with Gasteiger partial charge in [0.25, 0.3) is 0 Å². The van der Waals surface area contributed by atoms with E-state index in [0.717, 1.165) is 6.61 Å². The second kappa shape index (κ2) is 4.18. The Morgan fingerprint density at radius 3 is 2.73 bits per heavy atom. The number of hydrogen-bond acceptors (Lipinski definition) is 1. The van der Waals surface area contributed by atoms with Gasteiger partial charge in [0.05, 0.1) is 0 Å². The Bertz CT molecular complexity index is 225. The molecule has 58 valence electrons. The fraction of sp³-hybridized carbons (Fsp3) is 0.333. The molecule has 0 fully saturated rings. The average molecular weight is 344 g/mol. The van der Waals surface area contributed by atoms with Gasteiger partial charge in [0.1, 0.15) is 0 Å². The fourth-order valence-corrected chi connectivity index (χ4v) is 2.29. The second-order valence-electron chi connectivity index (χ2n) is 2.51. The summed E-state index contributed by atoms with van der Waals surface area (Å²) in [6.07, 6.45) is 0. The third-order valence-electron chi connectivity index (χ3n) is 1.67. The van der Waals surface area contributed by atoms with Crippen molar-refractivity contribution >= 4 is 28.0 Å². The molecule has 0 atom stereocenters. The van der Waals surface area contributed by atoms with E-state index >= 15 is 0 Å². The molecule has 0 aromatic heterocycles. The zero-order valence-corrected chi connectivity index (χ0v) is 10.3. The van der Waals surface area contributed by atoms with Gasteiger partial charge < -0.3 is 0 Å². The van der Waals surface area contributed by atoms with Crippen LogP contribution in [-0.4, -0.2) is 31.8 Å². The Morgan fingerprint density at radius 2 is 2.18 bits per heavy atom. The number of benzene rings is 1. The molecule has 1 rings (SSSR count). The van der Waals surface area contributed by atoms with E-state index in [2.05, 4.69) is 25.1 Å². The minimum atomic E-state index is 0.749. The molecule has 2 heteroatoms. The van der Waals surface area contributed by atoms with Gasteiger partial charge in [0.15, 0.2) is 0 Å². The molecule has 2 radical (unpaired) electrons. The van der Waals surface area contributed by atoms with Crippen molar-refractivity contribution in [1.29, 1.82) is 0 Å². The number of hydrogen-bond donors (Lipinski definition) is 0. The fourth-order valence-electron chi connectivity index (χ4n) is 1.02. The van der Waals surface area contributed by atoms with Crippen molar-refractivity contribution in [1.82, 2.24) is 0 Å². The Hall–Kier alpha value is 0.0631. The molecule has 0 bridgehead atoms. The van der Waals surface area contributed by atoms with Crippen molar-refractivity contribution < 1.29 is 4.74 Å². The van der Waals surface area contributed by atoms with Crippen LogP contribution in [0.5, 0.6) is 0 Å². The van der Waals surface area contributed by atoms with Gasteiger partial charge in [-0.25, -0.2) is 0 Å². The number of aryl methyl sites for hydroxylation is 1. The number of rotatable bonds is 2. The molecule has 0 amide bonds. The average Bonchev–Trinajstić information content (AvgIpc) is 1.97. The zero-order chi connectivity index (χ0) is 8.27. The number of methoxy groups -OCH3 is 1. The van der Waals surface area contributed by atoms with Gasteiger partial charge in [0.2, 0.25) is 0 Å². The van der Waals surface area contributed by atoms with Gasteiger partial charge in [0, 0.05) is 0 Å². The van der Waals surface area contributed by atoms with Crippen LogP contribution in [0, 0.1) is 6.92 Å². The van der Waals surface area contributed by atoms with Crippen molar-refractivity contribution in [2.24, 2.45) is 0 Å². The third kappa shape index (κ3) is 2.25. The molecule has 1 aromatic carbocycles. The van der Waals surface area contributed by atoms with Crippen molar-refractivity contribution in [3.05, 3.63) is 29.3 Å².